The van der Waals surface area contributed by atoms with Crippen LogP contribution in [0.25, 0.3) is 0 Å². The normalized spacial score (nSPS) is 16.6. The molecule has 0 aromatic heterocycles. The molecular weight excluding hydrogens is 278 g/mol. The van der Waals surface area contributed by atoms with E-state index in [2.05, 4.69) is 28.2 Å². The first kappa shape index (κ1) is 12.6. The number of hydrogen-bond donors (Lipinski definition) is 1. The number of benzene rings is 1. The second kappa shape index (κ2) is 5.67. The first-order chi connectivity index (χ1) is 8.19. The second-order valence-electron chi connectivity index (χ2n) is 4.77. The van der Waals surface area contributed by atoms with Crippen molar-refractivity contribution < 1.29 is 4.79 Å². The van der Waals surface area contributed by atoms with Gasteiger partial charge in [-0.2, -0.15) is 0 Å². The lowest BCUT2D eigenvalue weighted by Crippen LogP contribution is -2.34. The highest BCUT2D eigenvalue weighted by atomic mass is 79.9. The summed E-state index contributed by atoms with van der Waals surface area (Å²) in [5, 5.41) is 3.12. The summed E-state index contributed by atoms with van der Waals surface area (Å²) in [5.74, 6) is 0.890. The molecule has 2 rings (SSSR count). The van der Waals surface area contributed by atoms with E-state index in [-0.39, 0.29) is 5.91 Å². The second-order valence-corrected chi connectivity index (χ2v) is 5.68. The lowest BCUT2D eigenvalue weighted by atomic mass is 10.1. The van der Waals surface area contributed by atoms with E-state index in [9.17, 15) is 4.79 Å². The SMILES string of the molecule is CCC(CC1CC1)NC(=O)c1cccc(Br)c1. The monoisotopic (exact) mass is 295 g/mol. The van der Waals surface area contributed by atoms with Crippen LogP contribution in [-0.4, -0.2) is 11.9 Å². The van der Waals surface area contributed by atoms with Crippen molar-refractivity contribution in [1.29, 1.82) is 0 Å². The van der Waals surface area contributed by atoms with Gasteiger partial charge in [-0.3, -0.25) is 4.79 Å². The van der Waals surface area contributed by atoms with Gasteiger partial charge in [-0.25, -0.2) is 0 Å². The van der Waals surface area contributed by atoms with Gasteiger partial charge in [-0.15, -0.1) is 0 Å². The van der Waals surface area contributed by atoms with E-state index in [0.717, 1.165) is 28.8 Å². The molecule has 1 N–H and O–H groups in total. The Hall–Kier alpha value is -0.830. The first-order valence-corrected chi connectivity index (χ1v) is 7.04. The molecular formula is C14H18BrNO. The van der Waals surface area contributed by atoms with Crippen LogP contribution < -0.4 is 5.32 Å². The molecule has 2 nitrogen and oxygen atoms in total. The van der Waals surface area contributed by atoms with Crippen molar-refractivity contribution in [2.24, 2.45) is 5.92 Å². The Bertz CT molecular complexity index is 401. The van der Waals surface area contributed by atoms with Crippen LogP contribution in [0.3, 0.4) is 0 Å². The Morgan fingerprint density at radius 3 is 2.88 bits per heavy atom. The summed E-state index contributed by atoms with van der Waals surface area (Å²) in [7, 11) is 0. The van der Waals surface area contributed by atoms with Crippen LogP contribution in [0.15, 0.2) is 28.7 Å². The molecule has 1 aliphatic rings. The van der Waals surface area contributed by atoms with Crippen molar-refractivity contribution >= 4 is 21.8 Å². The number of halogens is 1. The molecule has 0 spiro atoms. The molecule has 1 saturated carbocycles. The van der Waals surface area contributed by atoms with Crippen LogP contribution in [0.4, 0.5) is 0 Å². The number of carbonyl (C=O) groups is 1. The third kappa shape index (κ3) is 3.84. The maximum atomic E-state index is 12.0. The molecule has 92 valence electrons. The fraction of sp³-hybridized carbons (Fsp3) is 0.500. The highest BCUT2D eigenvalue weighted by Crippen LogP contribution is 2.34. The molecule has 1 fully saturated rings. The predicted octanol–water partition coefficient (Wildman–Crippen LogP) is 3.76. The van der Waals surface area contributed by atoms with Gasteiger partial charge in [-0.1, -0.05) is 41.8 Å². The zero-order chi connectivity index (χ0) is 12.3. The van der Waals surface area contributed by atoms with Crippen LogP contribution in [0, 0.1) is 5.92 Å². The molecule has 3 heteroatoms. The minimum Gasteiger partial charge on any atom is -0.349 e. The summed E-state index contributed by atoms with van der Waals surface area (Å²) in [5.41, 5.74) is 0.730. The third-order valence-electron chi connectivity index (χ3n) is 3.23. The van der Waals surface area contributed by atoms with E-state index in [0.29, 0.717) is 6.04 Å². The van der Waals surface area contributed by atoms with Crippen molar-refractivity contribution in [3.05, 3.63) is 34.3 Å². The van der Waals surface area contributed by atoms with Gasteiger partial charge in [0.25, 0.3) is 5.91 Å². The fourth-order valence-electron chi connectivity index (χ4n) is 1.98. The molecule has 17 heavy (non-hydrogen) atoms. The summed E-state index contributed by atoms with van der Waals surface area (Å²) < 4.78 is 0.945. The lowest BCUT2D eigenvalue weighted by molar-refractivity contribution is 0.0932. The number of amides is 1. The minimum atomic E-state index is 0.0406. The lowest BCUT2D eigenvalue weighted by Gasteiger charge is -2.16. The van der Waals surface area contributed by atoms with Gasteiger partial charge in [0.15, 0.2) is 0 Å². The minimum absolute atomic E-state index is 0.0406. The number of nitrogens with one attached hydrogen (secondary N) is 1. The van der Waals surface area contributed by atoms with E-state index in [1.165, 1.54) is 12.8 Å². The zero-order valence-corrected chi connectivity index (χ0v) is 11.7. The predicted molar refractivity (Wildman–Crippen MR) is 73.0 cm³/mol. The Morgan fingerprint density at radius 2 is 2.29 bits per heavy atom. The van der Waals surface area contributed by atoms with Crippen molar-refractivity contribution in [2.45, 2.75) is 38.6 Å². The Morgan fingerprint density at radius 1 is 1.53 bits per heavy atom. The fourth-order valence-corrected chi connectivity index (χ4v) is 2.38. The number of carbonyl (C=O) groups excluding carboxylic acids is 1. The van der Waals surface area contributed by atoms with E-state index < -0.39 is 0 Å². The molecule has 0 bridgehead atoms. The topological polar surface area (TPSA) is 29.1 Å². The van der Waals surface area contributed by atoms with Crippen molar-refractivity contribution in [3.8, 4) is 0 Å². The number of hydrogen-bond acceptors (Lipinski definition) is 1. The van der Waals surface area contributed by atoms with Gasteiger partial charge in [0.1, 0.15) is 0 Å². The Labute approximate surface area is 111 Å². The molecule has 1 aliphatic carbocycles. The molecule has 1 unspecified atom stereocenters. The van der Waals surface area contributed by atoms with E-state index in [1.54, 1.807) is 0 Å². The van der Waals surface area contributed by atoms with Gasteiger partial charge in [-0.05, 0) is 37.0 Å². The van der Waals surface area contributed by atoms with Gasteiger partial charge < -0.3 is 5.32 Å². The quantitative estimate of drug-likeness (QED) is 0.880. The van der Waals surface area contributed by atoms with Gasteiger partial charge >= 0.3 is 0 Å². The van der Waals surface area contributed by atoms with Crippen LogP contribution >= 0.6 is 15.9 Å². The van der Waals surface area contributed by atoms with E-state index >= 15 is 0 Å². The average molecular weight is 296 g/mol. The van der Waals surface area contributed by atoms with Crippen molar-refractivity contribution in [3.63, 3.8) is 0 Å². The highest BCUT2D eigenvalue weighted by Gasteiger charge is 2.25. The van der Waals surface area contributed by atoms with E-state index in [4.69, 9.17) is 0 Å². The summed E-state index contributed by atoms with van der Waals surface area (Å²) in [6.45, 7) is 2.13. The molecule has 0 heterocycles. The zero-order valence-electron chi connectivity index (χ0n) is 10.1. The summed E-state index contributed by atoms with van der Waals surface area (Å²) in [4.78, 5) is 12.0. The molecule has 1 atom stereocenters. The Balaban J connectivity index is 1.94. The maximum Gasteiger partial charge on any atom is 0.251 e. The molecule has 0 saturated heterocycles. The smallest absolute Gasteiger partial charge is 0.251 e. The summed E-state index contributed by atoms with van der Waals surface area (Å²) in [6.07, 6.45) is 4.82. The van der Waals surface area contributed by atoms with Gasteiger partial charge in [0.05, 0.1) is 0 Å². The van der Waals surface area contributed by atoms with Crippen molar-refractivity contribution in [1.82, 2.24) is 5.32 Å². The molecule has 1 aromatic rings. The van der Waals surface area contributed by atoms with Crippen molar-refractivity contribution in [2.75, 3.05) is 0 Å². The third-order valence-corrected chi connectivity index (χ3v) is 3.72. The van der Waals surface area contributed by atoms with Crippen LogP contribution in [0.1, 0.15) is 43.0 Å². The van der Waals surface area contributed by atoms with Gasteiger partial charge in [0, 0.05) is 16.1 Å². The van der Waals surface area contributed by atoms with E-state index in [1.807, 2.05) is 24.3 Å². The molecule has 1 aromatic carbocycles. The Kier molecular flexibility index (Phi) is 4.21. The highest BCUT2D eigenvalue weighted by molar-refractivity contribution is 9.10. The van der Waals surface area contributed by atoms with Gasteiger partial charge in [0.2, 0.25) is 0 Å². The largest absolute Gasteiger partial charge is 0.349 e. The molecule has 1 amide bonds. The summed E-state index contributed by atoms with van der Waals surface area (Å²) >= 11 is 3.38. The molecule has 0 radical (unpaired) electrons. The number of rotatable bonds is 5. The summed E-state index contributed by atoms with van der Waals surface area (Å²) in [6, 6.07) is 7.86. The molecule has 0 aliphatic heterocycles. The van der Waals surface area contributed by atoms with Crippen LogP contribution in [-0.2, 0) is 0 Å². The van der Waals surface area contributed by atoms with Crippen LogP contribution in [0.5, 0.6) is 0 Å². The van der Waals surface area contributed by atoms with Crippen LogP contribution in [0.2, 0.25) is 0 Å². The standard InChI is InChI=1S/C14H18BrNO/c1-2-13(8-10-6-7-10)16-14(17)11-4-3-5-12(15)9-11/h3-5,9-10,13H,2,6-8H2,1H3,(H,16,17). The maximum absolute atomic E-state index is 12.0. The first-order valence-electron chi connectivity index (χ1n) is 6.25. The average Bonchev–Trinajstić information content (AvgIpc) is 3.12.